The molecular weight excluding hydrogens is 354 g/mol. The summed E-state index contributed by atoms with van der Waals surface area (Å²) in [7, 11) is 1.56. The monoisotopic (exact) mass is 369 g/mol. The van der Waals surface area contributed by atoms with Crippen molar-refractivity contribution in [2.75, 3.05) is 13.7 Å². The number of ether oxygens (including phenoxy) is 1. The van der Waals surface area contributed by atoms with E-state index in [-0.39, 0.29) is 5.91 Å². The van der Waals surface area contributed by atoms with Crippen LogP contribution in [0.2, 0.25) is 0 Å². The van der Waals surface area contributed by atoms with Crippen molar-refractivity contribution < 1.29 is 14.6 Å². The number of hydrogen-bond donors (Lipinski definition) is 2. The Morgan fingerprint density at radius 1 is 1.48 bits per heavy atom. The number of carbonyl (C=O) groups excluding carboxylic acids is 1. The van der Waals surface area contributed by atoms with Gasteiger partial charge in [0.05, 0.1) is 18.8 Å². The van der Waals surface area contributed by atoms with Crippen molar-refractivity contribution in [1.82, 2.24) is 5.32 Å². The average molecular weight is 370 g/mol. The molecule has 1 unspecified atom stereocenters. The lowest BCUT2D eigenvalue weighted by molar-refractivity contribution is 0.0942. The molecule has 21 heavy (non-hydrogen) atoms. The summed E-state index contributed by atoms with van der Waals surface area (Å²) in [5.74, 6) is 0.432. The molecule has 1 atom stereocenters. The number of benzene rings is 1. The number of rotatable bonds is 6. The summed E-state index contributed by atoms with van der Waals surface area (Å²) in [6.45, 7) is 0.404. The zero-order valence-corrected chi connectivity index (χ0v) is 13.9. The van der Waals surface area contributed by atoms with Crippen molar-refractivity contribution in [1.29, 1.82) is 0 Å². The lowest BCUT2D eigenvalue weighted by atomic mass is 10.2. The fraction of sp³-hybridized carbons (Fsp3) is 0.267. The molecule has 1 aromatic carbocycles. The van der Waals surface area contributed by atoms with Crippen LogP contribution in [0.15, 0.2) is 40.2 Å². The molecule has 0 aliphatic carbocycles. The fourth-order valence-electron chi connectivity index (χ4n) is 1.85. The number of hydrogen-bond acceptors (Lipinski definition) is 4. The van der Waals surface area contributed by atoms with E-state index in [0.29, 0.717) is 28.8 Å². The van der Waals surface area contributed by atoms with Crippen LogP contribution in [-0.4, -0.2) is 24.7 Å². The summed E-state index contributed by atoms with van der Waals surface area (Å²) < 4.78 is 5.82. The minimum Gasteiger partial charge on any atom is -0.497 e. The van der Waals surface area contributed by atoms with E-state index < -0.39 is 6.10 Å². The van der Waals surface area contributed by atoms with Crippen LogP contribution in [0.25, 0.3) is 0 Å². The van der Waals surface area contributed by atoms with Crippen molar-refractivity contribution in [3.8, 4) is 5.75 Å². The quantitative estimate of drug-likeness (QED) is 0.820. The van der Waals surface area contributed by atoms with Crippen LogP contribution in [-0.2, 0) is 0 Å². The van der Waals surface area contributed by atoms with Gasteiger partial charge in [-0.15, -0.1) is 11.3 Å². The van der Waals surface area contributed by atoms with Gasteiger partial charge >= 0.3 is 0 Å². The van der Waals surface area contributed by atoms with E-state index in [0.717, 1.165) is 4.88 Å². The molecule has 0 radical (unpaired) electrons. The first-order valence-electron chi connectivity index (χ1n) is 6.45. The van der Waals surface area contributed by atoms with Gasteiger partial charge in [-0.2, -0.15) is 0 Å². The van der Waals surface area contributed by atoms with Gasteiger partial charge in [0.2, 0.25) is 0 Å². The highest BCUT2D eigenvalue weighted by atomic mass is 79.9. The molecule has 2 N–H and O–H groups in total. The normalized spacial score (nSPS) is 12.0. The molecule has 0 aliphatic rings. The van der Waals surface area contributed by atoms with Gasteiger partial charge in [-0.05, 0) is 52.0 Å². The van der Waals surface area contributed by atoms with Gasteiger partial charge in [0, 0.05) is 15.9 Å². The van der Waals surface area contributed by atoms with E-state index in [4.69, 9.17) is 4.74 Å². The van der Waals surface area contributed by atoms with Gasteiger partial charge in [0.15, 0.2) is 0 Å². The molecule has 0 saturated carbocycles. The van der Waals surface area contributed by atoms with Crippen LogP contribution in [0.1, 0.15) is 27.8 Å². The number of carbonyl (C=O) groups is 1. The Bertz CT molecular complexity index is 601. The third kappa shape index (κ3) is 4.30. The van der Waals surface area contributed by atoms with Gasteiger partial charge in [-0.25, -0.2) is 0 Å². The highest BCUT2D eigenvalue weighted by Crippen LogP contribution is 2.23. The Labute approximate surface area is 135 Å². The lowest BCUT2D eigenvalue weighted by Crippen LogP contribution is -2.25. The summed E-state index contributed by atoms with van der Waals surface area (Å²) in [5.41, 5.74) is 0.514. The van der Waals surface area contributed by atoms with E-state index >= 15 is 0 Å². The van der Waals surface area contributed by atoms with Gasteiger partial charge in [0.1, 0.15) is 5.75 Å². The second-order valence-corrected chi connectivity index (χ2v) is 6.26. The molecule has 112 valence electrons. The second-order valence-electron chi connectivity index (χ2n) is 4.42. The third-order valence-electron chi connectivity index (χ3n) is 2.99. The van der Waals surface area contributed by atoms with Crippen LogP contribution in [0.3, 0.4) is 0 Å². The van der Waals surface area contributed by atoms with Gasteiger partial charge in [0.25, 0.3) is 5.91 Å². The molecule has 1 aromatic heterocycles. The molecule has 6 heteroatoms. The Morgan fingerprint density at radius 3 is 2.95 bits per heavy atom. The smallest absolute Gasteiger partial charge is 0.252 e. The van der Waals surface area contributed by atoms with E-state index in [1.807, 2.05) is 17.5 Å². The zero-order chi connectivity index (χ0) is 15.2. The zero-order valence-electron chi connectivity index (χ0n) is 11.5. The number of aliphatic hydroxyl groups excluding tert-OH is 1. The Balaban J connectivity index is 1.90. The molecule has 1 heterocycles. The van der Waals surface area contributed by atoms with E-state index in [2.05, 4.69) is 21.2 Å². The number of methoxy groups -OCH3 is 1. The predicted octanol–water partition coefficient (Wildman–Crippen LogP) is 3.37. The molecule has 1 amide bonds. The van der Waals surface area contributed by atoms with Crippen LogP contribution in [0, 0.1) is 0 Å². The van der Waals surface area contributed by atoms with Crippen molar-refractivity contribution in [3.63, 3.8) is 0 Å². The highest BCUT2D eigenvalue weighted by molar-refractivity contribution is 9.10. The van der Waals surface area contributed by atoms with Gasteiger partial charge in [-0.1, -0.05) is 6.07 Å². The third-order valence-corrected chi connectivity index (χ3v) is 4.66. The molecule has 0 spiro atoms. The minimum absolute atomic E-state index is 0.195. The average Bonchev–Trinajstić information content (AvgIpc) is 3.01. The maximum absolute atomic E-state index is 12.1. The lowest BCUT2D eigenvalue weighted by Gasteiger charge is -2.11. The maximum atomic E-state index is 12.1. The SMILES string of the molecule is COc1ccc(Br)c(C(=O)NCCC(O)c2cccs2)c1. The second kappa shape index (κ2) is 7.59. The molecule has 2 rings (SSSR count). The van der Waals surface area contributed by atoms with Crippen LogP contribution in [0.5, 0.6) is 5.75 Å². The Hall–Kier alpha value is -1.37. The first kappa shape index (κ1) is 16.0. The fourth-order valence-corrected chi connectivity index (χ4v) is 3.02. The van der Waals surface area contributed by atoms with Crippen LogP contribution < -0.4 is 10.1 Å². The summed E-state index contributed by atoms with van der Waals surface area (Å²) in [4.78, 5) is 13.0. The van der Waals surface area contributed by atoms with Crippen LogP contribution in [0.4, 0.5) is 0 Å². The van der Waals surface area contributed by atoms with E-state index in [9.17, 15) is 9.90 Å². The maximum Gasteiger partial charge on any atom is 0.252 e. The molecule has 2 aromatic rings. The predicted molar refractivity (Wildman–Crippen MR) is 86.9 cm³/mol. The largest absolute Gasteiger partial charge is 0.497 e. The molecule has 0 bridgehead atoms. The Morgan fingerprint density at radius 2 is 2.29 bits per heavy atom. The summed E-state index contributed by atoms with van der Waals surface area (Å²) in [6, 6.07) is 9.01. The highest BCUT2D eigenvalue weighted by Gasteiger charge is 2.13. The standard InChI is InChI=1S/C15H16BrNO3S/c1-20-10-4-5-12(16)11(9-10)15(19)17-7-6-13(18)14-3-2-8-21-14/h2-5,8-9,13,18H,6-7H2,1H3,(H,17,19). The molecule has 0 fully saturated rings. The molecule has 0 aliphatic heterocycles. The van der Waals surface area contributed by atoms with Crippen molar-refractivity contribution in [2.45, 2.75) is 12.5 Å². The molecule has 4 nitrogen and oxygen atoms in total. The molecular formula is C15H16BrNO3S. The number of aliphatic hydroxyl groups is 1. The number of nitrogens with one attached hydrogen (secondary N) is 1. The summed E-state index contributed by atoms with van der Waals surface area (Å²) in [6.07, 6.45) is -0.0625. The first-order chi connectivity index (χ1) is 10.1. The van der Waals surface area contributed by atoms with Gasteiger partial charge in [-0.3, -0.25) is 4.79 Å². The van der Waals surface area contributed by atoms with E-state index in [1.165, 1.54) is 11.3 Å². The van der Waals surface area contributed by atoms with Crippen molar-refractivity contribution in [2.24, 2.45) is 0 Å². The first-order valence-corrected chi connectivity index (χ1v) is 8.12. The number of amides is 1. The minimum atomic E-state index is -0.543. The summed E-state index contributed by atoms with van der Waals surface area (Å²) >= 11 is 4.86. The van der Waals surface area contributed by atoms with Crippen molar-refractivity contribution >= 4 is 33.2 Å². The molecule has 0 saturated heterocycles. The topological polar surface area (TPSA) is 58.6 Å². The van der Waals surface area contributed by atoms with Crippen molar-refractivity contribution in [3.05, 3.63) is 50.6 Å². The summed E-state index contributed by atoms with van der Waals surface area (Å²) in [5, 5.41) is 14.7. The number of thiophene rings is 1. The van der Waals surface area contributed by atoms with E-state index in [1.54, 1.807) is 25.3 Å². The van der Waals surface area contributed by atoms with Crippen LogP contribution >= 0.6 is 27.3 Å². The number of halogens is 1. The van der Waals surface area contributed by atoms with Gasteiger partial charge < -0.3 is 15.2 Å². The Kier molecular flexibility index (Phi) is 5.78.